The second kappa shape index (κ2) is 4.43. The number of likely N-dealkylation sites (N-methyl/N-ethyl adjacent to an activating group) is 1. The van der Waals surface area contributed by atoms with Gasteiger partial charge in [-0.1, -0.05) is 0 Å². The minimum atomic E-state index is 0.678. The Balaban J connectivity index is 1.70. The van der Waals surface area contributed by atoms with Crippen molar-refractivity contribution in [1.29, 1.82) is 0 Å². The summed E-state index contributed by atoms with van der Waals surface area (Å²) in [4.78, 5) is 7.27. The maximum atomic E-state index is 4.84. The van der Waals surface area contributed by atoms with E-state index in [-0.39, 0.29) is 0 Å². The van der Waals surface area contributed by atoms with Gasteiger partial charge in [0.15, 0.2) is 0 Å². The summed E-state index contributed by atoms with van der Waals surface area (Å²) in [5.41, 5.74) is 1.35. The molecule has 3 nitrogen and oxygen atoms in total. The van der Waals surface area contributed by atoms with Gasteiger partial charge in [-0.25, -0.2) is 4.98 Å². The van der Waals surface area contributed by atoms with E-state index < -0.39 is 0 Å². The standard InChI is InChI=1S/C12H19N3S/c1-15-4-2-3-9(7-15)11-8-16-12(14-11)10-5-13-6-10/h8-10,13H,2-7H2,1H3. The van der Waals surface area contributed by atoms with E-state index in [1.807, 2.05) is 11.3 Å². The van der Waals surface area contributed by atoms with Crippen LogP contribution in [0.2, 0.25) is 0 Å². The maximum Gasteiger partial charge on any atom is 0.0984 e. The van der Waals surface area contributed by atoms with Crippen molar-refractivity contribution < 1.29 is 0 Å². The van der Waals surface area contributed by atoms with Crippen LogP contribution in [-0.2, 0) is 0 Å². The molecule has 1 atom stereocenters. The fourth-order valence-electron chi connectivity index (χ4n) is 2.55. The lowest BCUT2D eigenvalue weighted by molar-refractivity contribution is 0.248. The first kappa shape index (κ1) is 10.7. The van der Waals surface area contributed by atoms with Gasteiger partial charge in [0, 0.05) is 36.9 Å². The number of nitrogens with one attached hydrogen (secondary N) is 1. The zero-order chi connectivity index (χ0) is 11.0. The lowest BCUT2D eigenvalue weighted by atomic mass is 9.96. The van der Waals surface area contributed by atoms with Crippen LogP contribution in [0.5, 0.6) is 0 Å². The molecular formula is C12H19N3S. The van der Waals surface area contributed by atoms with Gasteiger partial charge in [-0.05, 0) is 26.4 Å². The van der Waals surface area contributed by atoms with E-state index in [0.29, 0.717) is 11.8 Å². The third-order valence-corrected chi connectivity index (χ3v) is 4.74. The third-order valence-electron chi connectivity index (χ3n) is 3.71. The Morgan fingerprint density at radius 1 is 1.44 bits per heavy atom. The molecule has 0 saturated carbocycles. The smallest absolute Gasteiger partial charge is 0.0984 e. The van der Waals surface area contributed by atoms with Crippen LogP contribution >= 0.6 is 11.3 Å². The largest absolute Gasteiger partial charge is 0.315 e. The van der Waals surface area contributed by atoms with E-state index in [4.69, 9.17) is 4.98 Å². The highest BCUT2D eigenvalue weighted by Gasteiger charge is 2.25. The van der Waals surface area contributed by atoms with E-state index in [2.05, 4.69) is 22.6 Å². The van der Waals surface area contributed by atoms with Crippen LogP contribution in [0.3, 0.4) is 0 Å². The number of hydrogen-bond donors (Lipinski definition) is 1. The molecule has 2 aliphatic heterocycles. The summed E-state index contributed by atoms with van der Waals surface area (Å²) in [7, 11) is 2.22. The highest BCUT2D eigenvalue weighted by molar-refractivity contribution is 7.09. The normalized spacial score (nSPS) is 27.9. The number of aromatic nitrogens is 1. The third kappa shape index (κ3) is 2.01. The second-order valence-electron chi connectivity index (χ2n) is 5.07. The Labute approximate surface area is 101 Å². The molecule has 1 aromatic rings. The van der Waals surface area contributed by atoms with Crippen molar-refractivity contribution in [3.05, 3.63) is 16.1 Å². The summed E-state index contributed by atoms with van der Waals surface area (Å²) in [5.74, 6) is 1.37. The topological polar surface area (TPSA) is 28.2 Å². The first-order valence-electron chi connectivity index (χ1n) is 6.17. The molecule has 88 valence electrons. The van der Waals surface area contributed by atoms with E-state index in [9.17, 15) is 0 Å². The first-order chi connectivity index (χ1) is 7.83. The summed E-state index contributed by atoms with van der Waals surface area (Å²) in [6.07, 6.45) is 2.63. The Morgan fingerprint density at radius 3 is 3.00 bits per heavy atom. The van der Waals surface area contributed by atoms with Crippen molar-refractivity contribution in [3.63, 3.8) is 0 Å². The van der Waals surface area contributed by atoms with Gasteiger partial charge in [0.1, 0.15) is 0 Å². The van der Waals surface area contributed by atoms with Crippen LogP contribution in [-0.4, -0.2) is 43.1 Å². The van der Waals surface area contributed by atoms with Crippen molar-refractivity contribution in [1.82, 2.24) is 15.2 Å². The van der Waals surface area contributed by atoms with Crippen molar-refractivity contribution in [2.24, 2.45) is 0 Å². The molecule has 2 fully saturated rings. The molecule has 3 rings (SSSR count). The molecule has 0 spiro atoms. The summed E-state index contributed by atoms with van der Waals surface area (Å²) in [6.45, 7) is 4.68. The molecular weight excluding hydrogens is 218 g/mol. The van der Waals surface area contributed by atoms with Crippen molar-refractivity contribution >= 4 is 11.3 Å². The second-order valence-corrected chi connectivity index (χ2v) is 5.96. The number of likely N-dealkylation sites (tertiary alicyclic amines) is 1. The highest BCUT2D eigenvalue weighted by atomic mass is 32.1. The van der Waals surface area contributed by atoms with Crippen LogP contribution < -0.4 is 5.32 Å². The minimum Gasteiger partial charge on any atom is -0.315 e. The molecule has 0 amide bonds. The molecule has 2 saturated heterocycles. The fourth-order valence-corrected chi connectivity index (χ4v) is 3.55. The molecule has 0 radical (unpaired) electrons. The molecule has 0 aliphatic carbocycles. The maximum absolute atomic E-state index is 4.84. The van der Waals surface area contributed by atoms with Crippen molar-refractivity contribution in [2.45, 2.75) is 24.7 Å². The molecule has 1 unspecified atom stereocenters. The van der Waals surface area contributed by atoms with Gasteiger partial charge in [0.2, 0.25) is 0 Å². The summed E-state index contributed by atoms with van der Waals surface area (Å²) in [5, 5.41) is 6.95. The molecule has 4 heteroatoms. The van der Waals surface area contributed by atoms with E-state index >= 15 is 0 Å². The zero-order valence-corrected chi connectivity index (χ0v) is 10.6. The quantitative estimate of drug-likeness (QED) is 0.847. The van der Waals surface area contributed by atoms with Crippen LogP contribution in [0.1, 0.15) is 35.4 Å². The SMILES string of the molecule is CN1CCCC(c2csc(C3CNC3)n2)C1. The van der Waals surface area contributed by atoms with Gasteiger partial charge in [-0.2, -0.15) is 0 Å². The Bertz CT molecular complexity index is 359. The average Bonchev–Trinajstić information content (AvgIpc) is 2.64. The predicted octanol–water partition coefficient (Wildman–Crippen LogP) is 1.64. The number of piperidine rings is 1. The molecule has 16 heavy (non-hydrogen) atoms. The van der Waals surface area contributed by atoms with Crippen LogP contribution in [0.4, 0.5) is 0 Å². The van der Waals surface area contributed by atoms with Gasteiger partial charge in [0.25, 0.3) is 0 Å². The molecule has 3 heterocycles. The van der Waals surface area contributed by atoms with Crippen molar-refractivity contribution in [3.8, 4) is 0 Å². The molecule has 1 aromatic heterocycles. The van der Waals surface area contributed by atoms with Crippen LogP contribution in [0.25, 0.3) is 0 Å². The fraction of sp³-hybridized carbons (Fsp3) is 0.750. The van der Waals surface area contributed by atoms with Gasteiger partial charge in [-0.3, -0.25) is 0 Å². The minimum absolute atomic E-state index is 0.678. The molecule has 1 N–H and O–H groups in total. The van der Waals surface area contributed by atoms with Gasteiger partial charge in [-0.15, -0.1) is 11.3 Å². The lowest BCUT2D eigenvalue weighted by Crippen LogP contribution is -2.39. The van der Waals surface area contributed by atoms with Gasteiger partial charge in [0.05, 0.1) is 10.7 Å². The lowest BCUT2D eigenvalue weighted by Gasteiger charge is -2.28. The molecule has 0 bridgehead atoms. The molecule has 0 aromatic carbocycles. The summed E-state index contributed by atoms with van der Waals surface area (Å²) >= 11 is 1.86. The van der Waals surface area contributed by atoms with Gasteiger partial charge >= 0.3 is 0 Å². The Hall–Kier alpha value is -0.450. The number of nitrogens with zero attached hydrogens (tertiary/aromatic N) is 2. The van der Waals surface area contributed by atoms with E-state index in [0.717, 1.165) is 13.1 Å². The monoisotopic (exact) mass is 237 g/mol. The predicted molar refractivity (Wildman–Crippen MR) is 67.2 cm³/mol. The average molecular weight is 237 g/mol. The summed E-state index contributed by atoms with van der Waals surface area (Å²) in [6, 6.07) is 0. The van der Waals surface area contributed by atoms with E-state index in [1.165, 1.54) is 36.6 Å². The Kier molecular flexibility index (Phi) is 2.96. The highest BCUT2D eigenvalue weighted by Crippen LogP contribution is 2.30. The Morgan fingerprint density at radius 2 is 2.31 bits per heavy atom. The van der Waals surface area contributed by atoms with Crippen LogP contribution in [0, 0.1) is 0 Å². The van der Waals surface area contributed by atoms with Crippen molar-refractivity contribution in [2.75, 3.05) is 33.2 Å². The number of hydrogen-bond acceptors (Lipinski definition) is 4. The number of rotatable bonds is 2. The zero-order valence-electron chi connectivity index (χ0n) is 9.78. The van der Waals surface area contributed by atoms with E-state index in [1.54, 1.807) is 0 Å². The van der Waals surface area contributed by atoms with Gasteiger partial charge < -0.3 is 10.2 Å². The van der Waals surface area contributed by atoms with Crippen LogP contribution in [0.15, 0.2) is 5.38 Å². The molecule has 2 aliphatic rings. The summed E-state index contributed by atoms with van der Waals surface area (Å²) < 4.78 is 0. The first-order valence-corrected chi connectivity index (χ1v) is 7.05. The number of thiazole rings is 1.